The molecule has 2 heteroatoms. The molecule has 0 aliphatic carbocycles. The lowest BCUT2D eigenvalue weighted by molar-refractivity contribution is 0.714. The maximum absolute atomic E-state index is 4.67. The molecule has 1 heterocycles. The number of rotatable bonds is 3. The quantitative estimate of drug-likeness (QED) is 0.746. The van der Waals surface area contributed by atoms with Crippen LogP contribution in [0, 0.1) is 0 Å². The van der Waals surface area contributed by atoms with E-state index in [0.29, 0.717) is 5.92 Å². The average Bonchev–Trinajstić information content (AvgIpc) is 2.78. The Hall–Kier alpha value is -1.15. The zero-order valence-electron chi connectivity index (χ0n) is 9.10. The van der Waals surface area contributed by atoms with E-state index in [0.717, 1.165) is 11.4 Å². The van der Waals surface area contributed by atoms with Crippen molar-refractivity contribution < 1.29 is 0 Å². The Kier molecular flexibility index (Phi) is 3.17. The summed E-state index contributed by atoms with van der Waals surface area (Å²) < 4.78 is 0. The Morgan fingerprint density at radius 2 is 2.00 bits per heavy atom. The van der Waals surface area contributed by atoms with Gasteiger partial charge in [-0.05, 0) is 12.3 Å². The predicted octanol–water partition coefficient (Wildman–Crippen LogP) is 4.32. The van der Waals surface area contributed by atoms with Crippen LogP contribution in [0.1, 0.15) is 31.9 Å². The lowest BCUT2D eigenvalue weighted by Crippen LogP contribution is -1.90. The summed E-state index contributed by atoms with van der Waals surface area (Å²) in [7, 11) is 0. The van der Waals surface area contributed by atoms with E-state index in [1.165, 1.54) is 11.3 Å². The molecule has 1 aromatic heterocycles. The van der Waals surface area contributed by atoms with Crippen LogP contribution in [0.5, 0.6) is 0 Å². The van der Waals surface area contributed by atoms with E-state index in [2.05, 4.69) is 48.5 Å². The van der Waals surface area contributed by atoms with Gasteiger partial charge in [-0.1, -0.05) is 44.2 Å². The highest BCUT2D eigenvalue weighted by Gasteiger charge is 2.08. The molecule has 15 heavy (non-hydrogen) atoms. The standard InChI is InChI=1S/C13H15NS/c1-3-10(2)12-9-15-13(14-12)11-7-5-4-6-8-11/h4-10H,3H2,1-2H3. The van der Waals surface area contributed by atoms with Crippen LogP contribution in [0.4, 0.5) is 0 Å². The summed E-state index contributed by atoms with van der Waals surface area (Å²) in [6.07, 6.45) is 1.15. The lowest BCUT2D eigenvalue weighted by Gasteiger charge is -2.02. The van der Waals surface area contributed by atoms with Crippen molar-refractivity contribution in [3.8, 4) is 10.6 Å². The van der Waals surface area contributed by atoms with Gasteiger partial charge in [0.05, 0.1) is 5.69 Å². The number of aromatic nitrogens is 1. The molecule has 1 aromatic carbocycles. The molecule has 0 fully saturated rings. The second-order valence-electron chi connectivity index (χ2n) is 3.75. The Labute approximate surface area is 94.8 Å². The Bertz CT molecular complexity index is 419. The van der Waals surface area contributed by atoms with E-state index in [1.54, 1.807) is 11.3 Å². The van der Waals surface area contributed by atoms with Gasteiger partial charge in [-0.2, -0.15) is 0 Å². The minimum Gasteiger partial charge on any atom is -0.241 e. The van der Waals surface area contributed by atoms with Crippen LogP contribution in [0.3, 0.4) is 0 Å². The number of hydrogen-bond donors (Lipinski definition) is 0. The molecule has 0 saturated heterocycles. The van der Waals surface area contributed by atoms with Gasteiger partial charge in [0.2, 0.25) is 0 Å². The van der Waals surface area contributed by atoms with E-state index in [9.17, 15) is 0 Å². The smallest absolute Gasteiger partial charge is 0.123 e. The molecule has 0 aliphatic rings. The highest BCUT2D eigenvalue weighted by molar-refractivity contribution is 7.13. The molecule has 0 bridgehead atoms. The maximum atomic E-state index is 4.67. The second kappa shape index (κ2) is 4.58. The van der Waals surface area contributed by atoms with Gasteiger partial charge in [-0.15, -0.1) is 11.3 Å². The lowest BCUT2D eigenvalue weighted by atomic mass is 10.1. The first-order valence-electron chi connectivity index (χ1n) is 5.32. The van der Waals surface area contributed by atoms with Crippen molar-refractivity contribution >= 4 is 11.3 Å². The van der Waals surface area contributed by atoms with Gasteiger partial charge in [0.15, 0.2) is 0 Å². The molecule has 0 amide bonds. The van der Waals surface area contributed by atoms with Crippen molar-refractivity contribution in [1.29, 1.82) is 0 Å². The SMILES string of the molecule is CCC(C)c1csc(-c2ccccc2)n1. The van der Waals surface area contributed by atoms with Gasteiger partial charge in [0.25, 0.3) is 0 Å². The van der Waals surface area contributed by atoms with Crippen LogP contribution < -0.4 is 0 Å². The van der Waals surface area contributed by atoms with Crippen molar-refractivity contribution in [3.63, 3.8) is 0 Å². The Morgan fingerprint density at radius 3 is 2.67 bits per heavy atom. The van der Waals surface area contributed by atoms with Gasteiger partial charge < -0.3 is 0 Å². The first-order valence-corrected chi connectivity index (χ1v) is 6.20. The topological polar surface area (TPSA) is 12.9 Å². The summed E-state index contributed by atoms with van der Waals surface area (Å²) in [6, 6.07) is 10.4. The molecule has 0 radical (unpaired) electrons. The number of thiazole rings is 1. The predicted molar refractivity (Wildman–Crippen MR) is 66.3 cm³/mol. The molecule has 2 rings (SSSR count). The van der Waals surface area contributed by atoms with E-state index in [-0.39, 0.29) is 0 Å². The summed E-state index contributed by atoms with van der Waals surface area (Å²) in [4.78, 5) is 4.67. The van der Waals surface area contributed by atoms with Crippen molar-refractivity contribution in [2.75, 3.05) is 0 Å². The minimum absolute atomic E-state index is 0.568. The molecule has 2 aromatic rings. The highest BCUT2D eigenvalue weighted by Crippen LogP contribution is 2.27. The van der Waals surface area contributed by atoms with Gasteiger partial charge in [0.1, 0.15) is 5.01 Å². The molecular formula is C13H15NS. The average molecular weight is 217 g/mol. The summed E-state index contributed by atoms with van der Waals surface area (Å²) >= 11 is 1.74. The van der Waals surface area contributed by atoms with Gasteiger partial charge in [-0.25, -0.2) is 4.98 Å². The number of nitrogens with zero attached hydrogens (tertiary/aromatic N) is 1. The van der Waals surface area contributed by atoms with Crippen LogP contribution in [-0.2, 0) is 0 Å². The van der Waals surface area contributed by atoms with E-state index < -0.39 is 0 Å². The summed E-state index contributed by atoms with van der Waals surface area (Å²) in [5.41, 5.74) is 2.44. The summed E-state index contributed by atoms with van der Waals surface area (Å²) in [6.45, 7) is 4.43. The van der Waals surface area contributed by atoms with Crippen LogP contribution in [0.15, 0.2) is 35.7 Å². The minimum atomic E-state index is 0.568. The van der Waals surface area contributed by atoms with Crippen molar-refractivity contribution in [3.05, 3.63) is 41.4 Å². The van der Waals surface area contributed by atoms with E-state index in [1.807, 2.05) is 6.07 Å². The molecular weight excluding hydrogens is 202 g/mol. The Morgan fingerprint density at radius 1 is 1.27 bits per heavy atom. The molecule has 1 atom stereocenters. The maximum Gasteiger partial charge on any atom is 0.123 e. The largest absolute Gasteiger partial charge is 0.241 e. The highest BCUT2D eigenvalue weighted by atomic mass is 32.1. The van der Waals surface area contributed by atoms with Crippen molar-refractivity contribution in [2.45, 2.75) is 26.2 Å². The molecule has 0 spiro atoms. The molecule has 0 saturated carbocycles. The van der Waals surface area contributed by atoms with E-state index >= 15 is 0 Å². The second-order valence-corrected chi connectivity index (χ2v) is 4.61. The fourth-order valence-corrected chi connectivity index (χ4v) is 2.38. The van der Waals surface area contributed by atoms with Crippen LogP contribution in [0.25, 0.3) is 10.6 Å². The van der Waals surface area contributed by atoms with Gasteiger partial charge in [-0.3, -0.25) is 0 Å². The zero-order valence-corrected chi connectivity index (χ0v) is 9.92. The van der Waals surface area contributed by atoms with Crippen LogP contribution in [0.2, 0.25) is 0 Å². The third-order valence-corrected chi connectivity index (χ3v) is 3.57. The van der Waals surface area contributed by atoms with Crippen LogP contribution in [-0.4, -0.2) is 4.98 Å². The number of hydrogen-bond acceptors (Lipinski definition) is 2. The monoisotopic (exact) mass is 217 g/mol. The summed E-state index contributed by atoms with van der Waals surface area (Å²) in [5.74, 6) is 0.568. The normalized spacial score (nSPS) is 12.7. The number of benzene rings is 1. The summed E-state index contributed by atoms with van der Waals surface area (Å²) in [5, 5.41) is 3.31. The molecule has 1 nitrogen and oxygen atoms in total. The fraction of sp³-hybridized carbons (Fsp3) is 0.308. The third kappa shape index (κ3) is 2.26. The third-order valence-electron chi connectivity index (χ3n) is 2.66. The molecule has 0 aliphatic heterocycles. The Balaban J connectivity index is 2.28. The molecule has 1 unspecified atom stereocenters. The first-order chi connectivity index (χ1) is 7.31. The first kappa shape index (κ1) is 10.4. The molecule has 0 N–H and O–H groups in total. The van der Waals surface area contributed by atoms with Gasteiger partial charge in [0, 0.05) is 10.9 Å². The van der Waals surface area contributed by atoms with Crippen LogP contribution >= 0.6 is 11.3 Å². The van der Waals surface area contributed by atoms with Crippen molar-refractivity contribution in [1.82, 2.24) is 4.98 Å². The van der Waals surface area contributed by atoms with Gasteiger partial charge >= 0.3 is 0 Å². The van der Waals surface area contributed by atoms with E-state index in [4.69, 9.17) is 0 Å². The zero-order chi connectivity index (χ0) is 10.7. The molecule has 78 valence electrons. The fourth-order valence-electron chi connectivity index (χ4n) is 1.43. The van der Waals surface area contributed by atoms with Crippen molar-refractivity contribution in [2.24, 2.45) is 0 Å².